The lowest BCUT2D eigenvalue weighted by Gasteiger charge is -2.15. The van der Waals surface area contributed by atoms with Crippen LogP contribution in [0, 0.1) is 0 Å². The number of nitrogens with zero attached hydrogens (tertiary/aromatic N) is 1. The number of thiocarbonyl (C=S) groups is 1. The number of nitrogens with one attached hydrogen (secondary N) is 1. The minimum Gasteiger partial charge on any atom is -0.490 e. The molecule has 5 nitrogen and oxygen atoms in total. The van der Waals surface area contributed by atoms with E-state index in [9.17, 15) is 4.79 Å². The highest BCUT2D eigenvalue weighted by Gasteiger charge is 2.30. The molecule has 1 fully saturated rings. The number of halogens is 2. The van der Waals surface area contributed by atoms with Gasteiger partial charge in [0.15, 0.2) is 16.6 Å². The largest absolute Gasteiger partial charge is 0.490 e. The minimum atomic E-state index is -0.193. The Hall–Kier alpha value is -2.28. The number of hydrogen-bond donors (Lipinski definition) is 1. The SMILES string of the molecule is CCOc1ccc(CCN2C(=O)/C(=C\c3ccc(Cl)cc3Cl)NC2=S)cc1OCC. The molecule has 1 amide bonds. The lowest BCUT2D eigenvalue weighted by molar-refractivity contribution is -0.122. The van der Waals surface area contributed by atoms with Gasteiger partial charge in [-0.1, -0.05) is 35.3 Å². The van der Waals surface area contributed by atoms with Gasteiger partial charge in [-0.15, -0.1) is 0 Å². The Kier molecular flexibility index (Phi) is 7.58. The van der Waals surface area contributed by atoms with E-state index in [1.807, 2.05) is 32.0 Å². The van der Waals surface area contributed by atoms with Gasteiger partial charge in [0.1, 0.15) is 5.70 Å². The summed E-state index contributed by atoms with van der Waals surface area (Å²) in [4.78, 5) is 14.4. The molecular formula is C22H22Cl2N2O3S. The fourth-order valence-corrected chi connectivity index (χ4v) is 3.79. The third-order valence-electron chi connectivity index (χ3n) is 4.46. The Balaban J connectivity index is 1.71. The van der Waals surface area contributed by atoms with E-state index < -0.39 is 0 Å². The fraction of sp³-hybridized carbons (Fsp3) is 0.273. The van der Waals surface area contributed by atoms with Crippen LogP contribution < -0.4 is 14.8 Å². The Bertz CT molecular complexity index is 994. The topological polar surface area (TPSA) is 50.8 Å². The Morgan fingerprint density at radius 3 is 2.50 bits per heavy atom. The van der Waals surface area contributed by atoms with Gasteiger partial charge in [0.2, 0.25) is 0 Å². The van der Waals surface area contributed by atoms with Crippen molar-refractivity contribution in [1.82, 2.24) is 10.2 Å². The van der Waals surface area contributed by atoms with Crippen LogP contribution in [-0.2, 0) is 11.2 Å². The monoisotopic (exact) mass is 464 g/mol. The summed E-state index contributed by atoms with van der Waals surface area (Å²) in [5.41, 5.74) is 2.09. The van der Waals surface area contributed by atoms with Crippen LogP contribution in [0.4, 0.5) is 0 Å². The second-order valence-corrected chi connectivity index (χ2v) is 7.74. The normalized spacial score (nSPS) is 14.9. The van der Waals surface area contributed by atoms with Crippen LogP contribution in [-0.4, -0.2) is 35.7 Å². The Morgan fingerprint density at radius 1 is 1.07 bits per heavy atom. The molecule has 0 radical (unpaired) electrons. The number of ether oxygens (including phenoxy) is 2. The Labute approximate surface area is 191 Å². The average molecular weight is 465 g/mol. The van der Waals surface area contributed by atoms with E-state index in [4.69, 9.17) is 44.9 Å². The summed E-state index contributed by atoms with van der Waals surface area (Å²) in [5.74, 6) is 1.22. The number of hydrogen-bond acceptors (Lipinski definition) is 4. The number of carbonyl (C=O) groups is 1. The molecule has 0 saturated carbocycles. The number of rotatable bonds is 8. The molecule has 2 aromatic rings. The molecule has 8 heteroatoms. The van der Waals surface area contributed by atoms with Gasteiger partial charge < -0.3 is 14.8 Å². The summed E-state index contributed by atoms with van der Waals surface area (Å²) in [6.07, 6.45) is 2.30. The zero-order chi connectivity index (χ0) is 21.7. The summed E-state index contributed by atoms with van der Waals surface area (Å²) in [6.45, 7) is 5.41. The summed E-state index contributed by atoms with van der Waals surface area (Å²) in [6, 6.07) is 10.9. The number of amides is 1. The van der Waals surface area contributed by atoms with Crippen molar-refractivity contribution < 1.29 is 14.3 Å². The lowest BCUT2D eigenvalue weighted by atomic mass is 10.1. The van der Waals surface area contributed by atoms with Crippen molar-refractivity contribution in [3.63, 3.8) is 0 Å². The quantitative estimate of drug-likeness (QED) is 0.435. The molecule has 0 unspecified atom stereocenters. The van der Waals surface area contributed by atoms with E-state index >= 15 is 0 Å². The maximum absolute atomic E-state index is 12.8. The van der Waals surface area contributed by atoms with Crippen molar-refractivity contribution in [2.75, 3.05) is 19.8 Å². The first-order chi connectivity index (χ1) is 14.4. The second kappa shape index (κ2) is 10.2. The van der Waals surface area contributed by atoms with E-state index in [2.05, 4.69) is 5.32 Å². The summed E-state index contributed by atoms with van der Waals surface area (Å²) in [5, 5.41) is 4.34. The van der Waals surface area contributed by atoms with Gasteiger partial charge in [-0.3, -0.25) is 9.69 Å². The highest BCUT2D eigenvalue weighted by molar-refractivity contribution is 7.80. The molecule has 1 saturated heterocycles. The third kappa shape index (κ3) is 5.25. The highest BCUT2D eigenvalue weighted by atomic mass is 35.5. The van der Waals surface area contributed by atoms with Crippen LogP contribution >= 0.6 is 35.4 Å². The molecular weight excluding hydrogens is 443 g/mol. The van der Waals surface area contributed by atoms with Crippen LogP contribution in [0.15, 0.2) is 42.1 Å². The van der Waals surface area contributed by atoms with Crippen LogP contribution in [0.1, 0.15) is 25.0 Å². The molecule has 1 heterocycles. The van der Waals surface area contributed by atoms with Gasteiger partial charge in [0.25, 0.3) is 5.91 Å². The average Bonchev–Trinajstić information content (AvgIpc) is 2.97. The molecule has 30 heavy (non-hydrogen) atoms. The van der Waals surface area contributed by atoms with Gasteiger partial charge in [-0.05, 0) is 74.0 Å². The molecule has 3 rings (SSSR count). The predicted molar refractivity (Wildman–Crippen MR) is 124 cm³/mol. The van der Waals surface area contributed by atoms with Gasteiger partial charge in [-0.25, -0.2) is 0 Å². The summed E-state index contributed by atoms with van der Waals surface area (Å²) < 4.78 is 11.3. The van der Waals surface area contributed by atoms with Gasteiger partial charge >= 0.3 is 0 Å². The molecule has 1 aliphatic heterocycles. The maximum atomic E-state index is 12.8. The minimum absolute atomic E-state index is 0.193. The van der Waals surface area contributed by atoms with Crippen LogP contribution in [0.3, 0.4) is 0 Å². The summed E-state index contributed by atoms with van der Waals surface area (Å²) in [7, 11) is 0. The van der Waals surface area contributed by atoms with Crippen molar-refractivity contribution in [3.8, 4) is 11.5 Å². The first-order valence-corrected chi connectivity index (χ1v) is 10.8. The van der Waals surface area contributed by atoms with Gasteiger partial charge in [0.05, 0.1) is 13.2 Å². The molecule has 0 aromatic heterocycles. The first-order valence-electron chi connectivity index (χ1n) is 9.61. The number of carbonyl (C=O) groups excluding carboxylic acids is 1. The second-order valence-electron chi connectivity index (χ2n) is 6.51. The molecule has 0 spiro atoms. The maximum Gasteiger partial charge on any atom is 0.276 e. The van der Waals surface area contributed by atoms with E-state index in [0.717, 1.165) is 5.56 Å². The molecule has 1 aliphatic rings. The highest BCUT2D eigenvalue weighted by Crippen LogP contribution is 2.29. The van der Waals surface area contributed by atoms with Crippen LogP contribution in [0.5, 0.6) is 11.5 Å². The summed E-state index contributed by atoms with van der Waals surface area (Å²) >= 11 is 17.5. The fourth-order valence-electron chi connectivity index (χ4n) is 3.04. The van der Waals surface area contributed by atoms with Gasteiger partial charge in [0, 0.05) is 16.6 Å². The Morgan fingerprint density at radius 2 is 1.80 bits per heavy atom. The smallest absolute Gasteiger partial charge is 0.276 e. The van der Waals surface area contributed by atoms with Crippen LogP contribution in [0.25, 0.3) is 6.08 Å². The van der Waals surface area contributed by atoms with E-state index in [1.165, 1.54) is 0 Å². The van der Waals surface area contributed by atoms with Crippen molar-refractivity contribution >= 4 is 52.5 Å². The lowest BCUT2D eigenvalue weighted by Crippen LogP contribution is -2.32. The molecule has 158 valence electrons. The third-order valence-corrected chi connectivity index (χ3v) is 5.34. The van der Waals surface area contributed by atoms with Crippen molar-refractivity contribution in [3.05, 3.63) is 63.3 Å². The molecule has 1 N–H and O–H groups in total. The zero-order valence-corrected chi connectivity index (χ0v) is 19.0. The molecule has 0 bridgehead atoms. The number of benzene rings is 2. The van der Waals surface area contributed by atoms with E-state index in [1.54, 1.807) is 29.2 Å². The molecule has 0 atom stereocenters. The molecule has 2 aromatic carbocycles. The molecule has 0 aliphatic carbocycles. The predicted octanol–water partition coefficient (Wildman–Crippen LogP) is 5.09. The van der Waals surface area contributed by atoms with Crippen molar-refractivity contribution in [1.29, 1.82) is 0 Å². The first kappa shape index (κ1) is 22.4. The van der Waals surface area contributed by atoms with Crippen molar-refractivity contribution in [2.45, 2.75) is 20.3 Å². The van der Waals surface area contributed by atoms with E-state index in [0.29, 0.717) is 64.1 Å². The van der Waals surface area contributed by atoms with Crippen LogP contribution in [0.2, 0.25) is 10.0 Å². The van der Waals surface area contributed by atoms with Gasteiger partial charge in [-0.2, -0.15) is 0 Å². The van der Waals surface area contributed by atoms with E-state index in [-0.39, 0.29) is 5.91 Å². The zero-order valence-electron chi connectivity index (χ0n) is 16.7. The van der Waals surface area contributed by atoms with Crippen molar-refractivity contribution in [2.24, 2.45) is 0 Å². The standard InChI is InChI=1S/C22H22Cl2N2O3S/c1-3-28-19-8-5-14(11-20(19)29-4-2)9-10-26-21(27)18(25-22(26)30)12-15-6-7-16(23)13-17(15)24/h5-8,11-13H,3-4,9-10H2,1-2H3,(H,25,30)/b18-12+.